The van der Waals surface area contributed by atoms with E-state index in [2.05, 4.69) is 11.1 Å². The van der Waals surface area contributed by atoms with Crippen molar-refractivity contribution in [2.45, 2.75) is 18.9 Å². The molecule has 2 N–H and O–H groups in total. The molecule has 74 valence electrons. The maximum absolute atomic E-state index is 6.05. The fraction of sp³-hybridized carbons (Fsp3) is 0.364. The Labute approximate surface area is 83.6 Å². The monoisotopic (exact) mass is 190 g/mol. The third kappa shape index (κ3) is 1.93. The Morgan fingerprint density at radius 2 is 2.14 bits per heavy atom. The van der Waals surface area contributed by atoms with Crippen molar-refractivity contribution >= 4 is 0 Å². The fourth-order valence-corrected chi connectivity index (χ4v) is 1.53. The van der Waals surface area contributed by atoms with Gasteiger partial charge in [-0.15, -0.1) is 0 Å². The van der Waals surface area contributed by atoms with Gasteiger partial charge < -0.3 is 10.5 Å². The summed E-state index contributed by atoms with van der Waals surface area (Å²) in [6, 6.07) is 3.70. The molecule has 0 aliphatic carbocycles. The first-order chi connectivity index (χ1) is 6.88. The standard InChI is InChI=1S/C11H14N2O/c12-11(9-4-6-13-7-5-9)10-3-1-2-8-14-10/h3-7,11H,1-2,8,12H2. The predicted octanol–water partition coefficient (Wildman–Crippen LogP) is 1.78. The lowest BCUT2D eigenvalue weighted by molar-refractivity contribution is 0.176. The van der Waals surface area contributed by atoms with Gasteiger partial charge in [0.2, 0.25) is 0 Å². The third-order valence-electron chi connectivity index (χ3n) is 2.33. The number of pyridine rings is 1. The van der Waals surface area contributed by atoms with Gasteiger partial charge in [-0.05, 0) is 36.6 Å². The average Bonchev–Trinajstić information content (AvgIpc) is 2.30. The third-order valence-corrected chi connectivity index (χ3v) is 2.33. The highest BCUT2D eigenvalue weighted by atomic mass is 16.5. The van der Waals surface area contributed by atoms with E-state index in [4.69, 9.17) is 10.5 Å². The van der Waals surface area contributed by atoms with Gasteiger partial charge >= 0.3 is 0 Å². The van der Waals surface area contributed by atoms with Crippen molar-refractivity contribution in [1.82, 2.24) is 4.98 Å². The predicted molar refractivity (Wildman–Crippen MR) is 54.4 cm³/mol. The van der Waals surface area contributed by atoms with E-state index in [0.29, 0.717) is 0 Å². The summed E-state index contributed by atoms with van der Waals surface area (Å²) in [6.07, 6.45) is 7.73. The molecule has 1 aliphatic rings. The molecule has 0 radical (unpaired) electrons. The number of ether oxygens (including phenoxy) is 1. The number of allylic oxidation sites excluding steroid dienone is 1. The topological polar surface area (TPSA) is 48.1 Å². The summed E-state index contributed by atoms with van der Waals surface area (Å²) < 4.78 is 5.51. The highest BCUT2D eigenvalue weighted by Crippen LogP contribution is 2.22. The number of hydrogen-bond donors (Lipinski definition) is 1. The molecule has 1 atom stereocenters. The highest BCUT2D eigenvalue weighted by molar-refractivity contribution is 5.23. The summed E-state index contributed by atoms with van der Waals surface area (Å²) >= 11 is 0. The van der Waals surface area contributed by atoms with E-state index in [-0.39, 0.29) is 6.04 Å². The Hall–Kier alpha value is -1.35. The van der Waals surface area contributed by atoms with Crippen molar-refractivity contribution in [1.29, 1.82) is 0 Å². The summed E-state index contributed by atoms with van der Waals surface area (Å²) in [5, 5.41) is 0. The van der Waals surface area contributed by atoms with E-state index in [1.54, 1.807) is 12.4 Å². The number of aromatic nitrogens is 1. The van der Waals surface area contributed by atoms with E-state index in [0.717, 1.165) is 30.8 Å². The van der Waals surface area contributed by atoms with Crippen LogP contribution in [0, 0.1) is 0 Å². The van der Waals surface area contributed by atoms with Crippen LogP contribution in [0.2, 0.25) is 0 Å². The first-order valence-electron chi connectivity index (χ1n) is 4.86. The van der Waals surface area contributed by atoms with Crippen LogP contribution in [0.1, 0.15) is 24.4 Å². The van der Waals surface area contributed by atoms with Crippen LogP contribution < -0.4 is 5.73 Å². The lowest BCUT2D eigenvalue weighted by Gasteiger charge is -2.20. The minimum absolute atomic E-state index is 0.140. The highest BCUT2D eigenvalue weighted by Gasteiger charge is 2.14. The van der Waals surface area contributed by atoms with E-state index in [1.807, 2.05) is 12.1 Å². The molecule has 2 rings (SSSR count). The van der Waals surface area contributed by atoms with Crippen LogP contribution in [-0.2, 0) is 4.74 Å². The molecule has 0 fully saturated rings. The molecule has 0 bridgehead atoms. The second-order valence-electron chi connectivity index (χ2n) is 3.36. The van der Waals surface area contributed by atoms with Crippen LogP contribution in [0.3, 0.4) is 0 Å². The van der Waals surface area contributed by atoms with E-state index in [1.165, 1.54) is 0 Å². The van der Waals surface area contributed by atoms with Gasteiger partial charge in [0.25, 0.3) is 0 Å². The van der Waals surface area contributed by atoms with Crippen LogP contribution >= 0.6 is 0 Å². The normalized spacial score (nSPS) is 18.2. The Morgan fingerprint density at radius 1 is 1.36 bits per heavy atom. The van der Waals surface area contributed by atoms with Gasteiger partial charge in [0, 0.05) is 12.4 Å². The number of nitrogens with zero attached hydrogens (tertiary/aromatic N) is 1. The van der Waals surface area contributed by atoms with E-state index in [9.17, 15) is 0 Å². The molecule has 1 aromatic heterocycles. The second-order valence-corrected chi connectivity index (χ2v) is 3.36. The zero-order valence-corrected chi connectivity index (χ0v) is 8.02. The van der Waals surface area contributed by atoms with Crippen molar-refractivity contribution in [3.8, 4) is 0 Å². The lowest BCUT2D eigenvalue weighted by Crippen LogP contribution is -2.17. The van der Waals surface area contributed by atoms with Crippen LogP contribution in [0.25, 0.3) is 0 Å². The van der Waals surface area contributed by atoms with E-state index >= 15 is 0 Å². The molecule has 0 spiro atoms. The van der Waals surface area contributed by atoms with Gasteiger partial charge in [0.05, 0.1) is 12.6 Å². The maximum atomic E-state index is 6.05. The molecule has 1 aromatic rings. The molecule has 0 amide bonds. The van der Waals surface area contributed by atoms with Crippen molar-refractivity contribution in [3.63, 3.8) is 0 Å². The number of rotatable bonds is 2. The largest absolute Gasteiger partial charge is 0.496 e. The Bertz CT molecular complexity index is 321. The van der Waals surface area contributed by atoms with E-state index < -0.39 is 0 Å². The van der Waals surface area contributed by atoms with Crippen molar-refractivity contribution in [2.75, 3.05) is 6.61 Å². The molecule has 0 saturated heterocycles. The van der Waals surface area contributed by atoms with Crippen molar-refractivity contribution < 1.29 is 4.74 Å². The average molecular weight is 190 g/mol. The molecule has 14 heavy (non-hydrogen) atoms. The molecule has 3 heteroatoms. The van der Waals surface area contributed by atoms with Gasteiger partial charge in [0.15, 0.2) is 0 Å². The molecule has 0 aromatic carbocycles. The minimum Gasteiger partial charge on any atom is -0.496 e. The van der Waals surface area contributed by atoms with Crippen LogP contribution in [0.15, 0.2) is 36.4 Å². The molecule has 1 unspecified atom stereocenters. The van der Waals surface area contributed by atoms with Gasteiger partial charge in [-0.3, -0.25) is 4.98 Å². The second kappa shape index (κ2) is 4.24. The number of hydrogen-bond acceptors (Lipinski definition) is 3. The van der Waals surface area contributed by atoms with Crippen LogP contribution in [0.5, 0.6) is 0 Å². The molecular weight excluding hydrogens is 176 g/mol. The summed E-state index contributed by atoms with van der Waals surface area (Å²) in [5.41, 5.74) is 7.10. The summed E-state index contributed by atoms with van der Waals surface area (Å²) in [6.45, 7) is 0.782. The first kappa shape index (κ1) is 9.21. The summed E-state index contributed by atoms with van der Waals surface area (Å²) in [5.74, 6) is 0.891. The molecule has 3 nitrogen and oxygen atoms in total. The Morgan fingerprint density at radius 3 is 2.79 bits per heavy atom. The quantitative estimate of drug-likeness (QED) is 0.773. The minimum atomic E-state index is -0.140. The molecule has 0 saturated carbocycles. The summed E-state index contributed by atoms with van der Waals surface area (Å²) in [4.78, 5) is 3.96. The molecular formula is C11H14N2O. The summed E-state index contributed by atoms with van der Waals surface area (Å²) in [7, 11) is 0. The smallest absolute Gasteiger partial charge is 0.113 e. The molecule has 2 heterocycles. The zero-order valence-electron chi connectivity index (χ0n) is 8.02. The maximum Gasteiger partial charge on any atom is 0.113 e. The Balaban J connectivity index is 2.15. The van der Waals surface area contributed by atoms with Crippen molar-refractivity contribution in [2.24, 2.45) is 5.73 Å². The van der Waals surface area contributed by atoms with Gasteiger partial charge in [-0.2, -0.15) is 0 Å². The Kier molecular flexibility index (Phi) is 2.79. The lowest BCUT2D eigenvalue weighted by atomic mass is 10.1. The van der Waals surface area contributed by atoms with Gasteiger partial charge in [-0.25, -0.2) is 0 Å². The molecule has 1 aliphatic heterocycles. The SMILES string of the molecule is NC(C1=CCCCO1)c1ccncc1. The van der Waals surface area contributed by atoms with Gasteiger partial charge in [0.1, 0.15) is 5.76 Å². The fourth-order valence-electron chi connectivity index (χ4n) is 1.53. The van der Waals surface area contributed by atoms with Crippen molar-refractivity contribution in [3.05, 3.63) is 41.9 Å². The zero-order chi connectivity index (χ0) is 9.80. The van der Waals surface area contributed by atoms with Gasteiger partial charge in [-0.1, -0.05) is 0 Å². The first-order valence-corrected chi connectivity index (χ1v) is 4.86. The number of nitrogens with two attached hydrogens (primary N) is 1. The van der Waals surface area contributed by atoms with Crippen LogP contribution in [-0.4, -0.2) is 11.6 Å². The van der Waals surface area contributed by atoms with Crippen LogP contribution in [0.4, 0.5) is 0 Å².